The van der Waals surface area contributed by atoms with E-state index in [0.717, 1.165) is 4.90 Å². The lowest BCUT2D eigenvalue weighted by Crippen LogP contribution is -2.33. The molecule has 3 heterocycles. The van der Waals surface area contributed by atoms with Gasteiger partial charge in [-0.2, -0.15) is 0 Å². The van der Waals surface area contributed by atoms with E-state index in [1.54, 1.807) is 0 Å². The number of fused-ring (bicyclic) bond motifs is 1. The minimum atomic E-state index is -1.23. The van der Waals surface area contributed by atoms with Gasteiger partial charge in [0, 0.05) is 4.90 Å². The molecule has 1 aliphatic heterocycles. The minimum absolute atomic E-state index is 0.207. The number of anilines is 1. The maximum Gasteiger partial charge on any atom is 0.196 e. The van der Waals surface area contributed by atoms with E-state index in [0.29, 0.717) is 16.3 Å². The van der Waals surface area contributed by atoms with Crippen molar-refractivity contribution in [2.75, 3.05) is 12.3 Å². The van der Waals surface area contributed by atoms with Gasteiger partial charge in [-0.05, 0) is 23.9 Å². The van der Waals surface area contributed by atoms with E-state index in [9.17, 15) is 15.3 Å². The van der Waals surface area contributed by atoms with Crippen molar-refractivity contribution in [2.24, 2.45) is 0 Å². The number of aliphatic hydroxyl groups excluding tert-OH is 3. The summed E-state index contributed by atoms with van der Waals surface area (Å²) < 4.78 is 7.04. The summed E-state index contributed by atoms with van der Waals surface area (Å²) in [5.41, 5.74) is 6.76. The summed E-state index contributed by atoms with van der Waals surface area (Å²) in [7, 11) is 0. The number of nitrogen functional groups attached to an aromatic ring is 1. The van der Waals surface area contributed by atoms with E-state index in [2.05, 4.69) is 15.0 Å². The maximum atomic E-state index is 10.2. The first-order valence-electron chi connectivity index (χ1n) is 7.94. The number of benzene rings is 1. The molecule has 5 N–H and O–H groups in total. The van der Waals surface area contributed by atoms with Gasteiger partial charge in [-0.1, -0.05) is 18.2 Å². The van der Waals surface area contributed by atoms with Crippen LogP contribution in [0.3, 0.4) is 0 Å². The lowest BCUT2D eigenvalue weighted by atomic mass is 10.1. The van der Waals surface area contributed by atoms with Crippen molar-refractivity contribution in [1.82, 2.24) is 19.5 Å². The Morgan fingerprint density at radius 1 is 1.15 bits per heavy atom. The first kappa shape index (κ1) is 17.2. The first-order valence-corrected chi connectivity index (χ1v) is 8.75. The summed E-state index contributed by atoms with van der Waals surface area (Å²) in [5, 5.41) is 29.9. The SMILES string of the molecule is Nc1nc(Sc2ccccc2)nc2c1ncn2C1O[C@H](CO)[C@@H](O)[C@H]1O. The molecule has 1 aromatic carbocycles. The molecule has 0 spiro atoms. The van der Waals surface area contributed by atoms with Crippen molar-refractivity contribution < 1.29 is 20.1 Å². The van der Waals surface area contributed by atoms with Crippen LogP contribution in [-0.4, -0.2) is 59.8 Å². The quantitative estimate of drug-likeness (QED) is 0.470. The van der Waals surface area contributed by atoms with Gasteiger partial charge in [0.25, 0.3) is 0 Å². The number of rotatable bonds is 4. The van der Waals surface area contributed by atoms with E-state index in [4.69, 9.17) is 10.5 Å². The molecule has 136 valence electrons. The number of hydrogen-bond acceptors (Lipinski definition) is 9. The Hall–Kier alpha value is -2.24. The Labute approximate surface area is 152 Å². The van der Waals surface area contributed by atoms with Gasteiger partial charge < -0.3 is 25.8 Å². The number of ether oxygens (including phenoxy) is 1. The standard InChI is InChI=1S/C16H17N5O4S/c17-13-10-14(20-16(19-13)26-8-4-2-1-3-5-8)21(7-18-10)15-12(24)11(23)9(6-22)25-15/h1-5,7,9,11-12,15,22-24H,6H2,(H2,17,19,20)/t9-,11-,12-,15?/m1/s1. The smallest absolute Gasteiger partial charge is 0.196 e. The molecule has 0 amide bonds. The minimum Gasteiger partial charge on any atom is -0.394 e. The largest absolute Gasteiger partial charge is 0.394 e. The maximum absolute atomic E-state index is 10.2. The molecule has 4 rings (SSSR count). The van der Waals surface area contributed by atoms with E-state index in [1.807, 2.05) is 30.3 Å². The van der Waals surface area contributed by atoms with Gasteiger partial charge in [-0.15, -0.1) is 0 Å². The number of aromatic nitrogens is 4. The van der Waals surface area contributed by atoms with E-state index in [1.165, 1.54) is 22.7 Å². The fourth-order valence-electron chi connectivity index (χ4n) is 2.85. The Morgan fingerprint density at radius 2 is 1.92 bits per heavy atom. The van der Waals surface area contributed by atoms with Crippen molar-refractivity contribution in [3.05, 3.63) is 36.7 Å². The van der Waals surface area contributed by atoms with Crippen molar-refractivity contribution >= 4 is 28.7 Å². The summed E-state index contributed by atoms with van der Waals surface area (Å²) in [6.07, 6.45) is -2.83. The van der Waals surface area contributed by atoms with Crippen LogP contribution in [-0.2, 0) is 4.74 Å². The van der Waals surface area contributed by atoms with Crippen molar-refractivity contribution in [3.63, 3.8) is 0 Å². The molecule has 9 nitrogen and oxygen atoms in total. The highest BCUT2D eigenvalue weighted by atomic mass is 32.2. The Morgan fingerprint density at radius 3 is 2.62 bits per heavy atom. The fourth-order valence-corrected chi connectivity index (χ4v) is 3.63. The molecule has 0 aliphatic carbocycles. The second-order valence-electron chi connectivity index (χ2n) is 5.86. The third-order valence-electron chi connectivity index (χ3n) is 4.17. The molecule has 1 unspecified atom stereocenters. The number of hydrogen-bond donors (Lipinski definition) is 4. The zero-order valence-corrected chi connectivity index (χ0v) is 14.3. The first-order chi connectivity index (χ1) is 12.6. The van der Waals surface area contributed by atoms with Crippen LogP contribution in [0.5, 0.6) is 0 Å². The number of imidazole rings is 1. The van der Waals surface area contributed by atoms with Gasteiger partial charge in [0.2, 0.25) is 0 Å². The molecular weight excluding hydrogens is 358 g/mol. The molecule has 1 fully saturated rings. The lowest BCUT2D eigenvalue weighted by molar-refractivity contribution is -0.0511. The Kier molecular flexibility index (Phi) is 4.51. The predicted molar refractivity (Wildman–Crippen MR) is 93.3 cm³/mol. The monoisotopic (exact) mass is 375 g/mol. The van der Waals surface area contributed by atoms with Crippen LogP contribution in [0.15, 0.2) is 46.7 Å². The van der Waals surface area contributed by atoms with Gasteiger partial charge in [-0.3, -0.25) is 4.57 Å². The summed E-state index contributed by atoms with van der Waals surface area (Å²) in [4.78, 5) is 13.9. The highest BCUT2D eigenvalue weighted by Gasteiger charge is 2.44. The topological polar surface area (TPSA) is 140 Å². The second-order valence-corrected chi connectivity index (χ2v) is 6.90. The molecule has 0 bridgehead atoms. The molecule has 0 saturated carbocycles. The fraction of sp³-hybridized carbons (Fsp3) is 0.312. The highest BCUT2D eigenvalue weighted by Crippen LogP contribution is 2.33. The predicted octanol–water partition coefficient (Wildman–Crippen LogP) is 0.171. The average Bonchev–Trinajstić information content (AvgIpc) is 3.18. The number of nitrogens with zero attached hydrogens (tertiary/aromatic N) is 4. The van der Waals surface area contributed by atoms with Crippen molar-refractivity contribution in [2.45, 2.75) is 34.6 Å². The van der Waals surface area contributed by atoms with Crippen molar-refractivity contribution in [1.29, 1.82) is 0 Å². The van der Waals surface area contributed by atoms with E-state index >= 15 is 0 Å². The van der Waals surface area contributed by atoms with Crippen molar-refractivity contribution in [3.8, 4) is 0 Å². The van der Waals surface area contributed by atoms with Crippen LogP contribution in [0, 0.1) is 0 Å². The van der Waals surface area contributed by atoms with Gasteiger partial charge in [0.15, 0.2) is 22.8 Å². The van der Waals surface area contributed by atoms with Crippen LogP contribution < -0.4 is 5.73 Å². The van der Waals surface area contributed by atoms with E-state index in [-0.39, 0.29) is 5.82 Å². The van der Waals surface area contributed by atoms with E-state index < -0.39 is 31.1 Å². The Balaban J connectivity index is 1.73. The molecule has 4 atom stereocenters. The van der Waals surface area contributed by atoms with Crippen LogP contribution in [0.2, 0.25) is 0 Å². The molecule has 1 aliphatic rings. The molecular formula is C16H17N5O4S. The zero-order valence-electron chi connectivity index (χ0n) is 13.5. The van der Waals surface area contributed by atoms with Crippen LogP contribution in [0.1, 0.15) is 6.23 Å². The summed E-state index contributed by atoms with van der Waals surface area (Å²) in [5.74, 6) is 0.207. The molecule has 26 heavy (non-hydrogen) atoms. The molecule has 2 aromatic heterocycles. The van der Waals surface area contributed by atoms with Gasteiger partial charge in [0.05, 0.1) is 12.9 Å². The third-order valence-corrected chi connectivity index (χ3v) is 5.04. The number of nitrogens with two attached hydrogens (primary N) is 1. The molecule has 3 aromatic rings. The van der Waals surface area contributed by atoms with Gasteiger partial charge in [0.1, 0.15) is 23.8 Å². The van der Waals surface area contributed by atoms with Gasteiger partial charge in [-0.25, -0.2) is 15.0 Å². The Bertz CT molecular complexity index is 922. The third kappa shape index (κ3) is 2.91. The second kappa shape index (κ2) is 6.82. The van der Waals surface area contributed by atoms with Crippen LogP contribution in [0.4, 0.5) is 5.82 Å². The van der Waals surface area contributed by atoms with Gasteiger partial charge >= 0.3 is 0 Å². The normalized spacial score (nSPS) is 25.8. The summed E-state index contributed by atoms with van der Waals surface area (Å²) in [6, 6.07) is 9.59. The number of aliphatic hydroxyl groups is 3. The zero-order chi connectivity index (χ0) is 18.3. The average molecular weight is 375 g/mol. The summed E-state index contributed by atoms with van der Waals surface area (Å²) in [6.45, 7) is -0.409. The van der Waals surface area contributed by atoms with Crippen LogP contribution in [0.25, 0.3) is 11.2 Å². The molecule has 10 heteroatoms. The molecule has 0 radical (unpaired) electrons. The highest BCUT2D eigenvalue weighted by molar-refractivity contribution is 7.99. The van der Waals surface area contributed by atoms with Crippen LogP contribution >= 0.6 is 11.8 Å². The molecule has 1 saturated heterocycles. The summed E-state index contributed by atoms with van der Waals surface area (Å²) >= 11 is 1.34. The lowest BCUT2D eigenvalue weighted by Gasteiger charge is -2.16.